The second-order valence-electron chi connectivity index (χ2n) is 6.25. The fourth-order valence-corrected chi connectivity index (χ4v) is 3.20. The van der Waals surface area contributed by atoms with Gasteiger partial charge in [-0.3, -0.25) is 14.6 Å². The van der Waals surface area contributed by atoms with Crippen molar-refractivity contribution in [3.8, 4) is 0 Å². The summed E-state index contributed by atoms with van der Waals surface area (Å²) in [6.07, 6.45) is 1.11. The van der Waals surface area contributed by atoms with Gasteiger partial charge in [0.05, 0.1) is 5.69 Å². The molecule has 0 aliphatic carbocycles. The van der Waals surface area contributed by atoms with E-state index in [-0.39, 0.29) is 29.9 Å². The van der Waals surface area contributed by atoms with Crippen LogP contribution < -0.4 is 10.7 Å². The highest BCUT2D eigenvalue weighted by Crippen LogP contribution is 2.26. The van der Waals surface area contributed by atoms with Gasteiger partial charge in [0.2, 0.25) is 5.91 Å². The normalized spacial score (nSPS) is 21.1. The number of hydrogen-bond donors (Lipinski definition) is 2. The van der Waals surface area contributed by atoms with Crippen molar-refractivity contribution < 1.29 is 19.5 Å². The lowest BCUT2D eigenvalue weighted by atomic mass is 9.96. The zero-order valence-electron chi connectivity index (χ0n) is 13.7. The summed E-state index contributed by atoms with van der Waals surface area (Å²) in [5.74, 6) is -1.84. The average molecular weight is 344 g/mol. The Morgan fingerprint density at radius 1 is 1.12 bits per heavy atom. The van der Waals surface area contributed by atoms with Gasteiger partial charge in [-0.25, -0.2) is 4.79 Å². The number of amides is 2. The number of carboxylic acids is 1. The van der Waals surface area contributed by atoms with E-state index in [2.05, 4.69) is 5.10 Å². The number of aliphatic carboxylic acids is 1. The molecule has 0 radical (unpaired) electrons. The Bertz CT molecular complexity index is 711. The number of benzene rings is 1. The monoisotopic (exact) mass is 344 g/mol. The predicted octanol–water partition coefficient (Wildman–Crippen LogP) is 0.430. The molecular formula is C17H20N4O4. The molecular weight excluding hydrogens is 324 g/mol. The van der Waals surface area contributed by atoms with Crippen LogP contribution >= 0.6 is 0 Å². The molecule has 2 heterocycles. The van der Waals surface area contributed by atoms with Gasteiger partial charge in [-0.15, -0.1) is 0 Å². The van der Waals surface area contributed by atoms with Crippen LogP contribution in [0.15, 0.2) is 35.4 Å². The molecule has 0 saturated carbocycles. The van der Waals surface area contributed by atoms with E-state index < -0.39 is 12.0 Å². The molecule has 2 aliphatic heterocycles. The Morgan fingerprint density at radius 3 is 2.32 bits per heavy atom. The Balaban J connectivity index is 1.75. The molecule has 3 N–H and O–H groups in total. The van der Waals surface area contributed by atoms with Crippen LogP contribution in [0.1, 0.15) is 19.3 Å². The number of piperidine rings is 1. The maximum Gasteiger partial charge on any atom is 0.328 e. The number of nitrogens with zero attached hydrogens (tertiary/aromatic N) is 3. The standard InChI is InChI=1S/C17H20N4O4/c18-15(22)11-6-8-20(9-7-11)16(23)13-10-14(17(24)25)21(19-13)12-4-2-1-3-5-12/h1-5,11,14H,6-10H2,(H2,18,22)(H,24,25). The molecule has 0 spiro atoms. The number of primary amides is 1. The zero-order chi connectivity index (χ0) is 18.0. The molecule has 8 nitrogen and oxygen atoms in total. The molecule has 132 valence electrons. The number of nitrogens with two attached hydrogens (primary N) is 1. The van der Waals surface area contributed by atoms with Crippen LogP contribution in [0.5, 0.6) is 0 Å². The van der Waals surface area contributed by atoms with Gasteiger partial charge in [-0.2, -0.15) is 5.10 Å². The minimum Gasteiger partial charge on any atom is -0.480 e. The van der Waals surface area contributed by atoms with E-state index >= 15 is 0 Å². The Kier molecular flexibility index (Phi) is 4.69. The molecule has 1 fully saturated rings. The molecule has 1 unspecified atom stereocenters. The second-order valence-corrected chi connectivity index (χ2v) is 6.25. The quantitative estimate of drug-likeness (QED) is 0.821. The number of rotatable bonds is 4. The van der Waals surface area contributed by atoms with Crippen LogP contribution in [0.25, 0.3) is 0 Å². The number of para-hydroxylation sites is 1. The van der Waals surface area contributed by atoms with Gasteiger partial charge < -0.3 is 15.7 Å². The fourth-order valence-electron chi connectivity index (χ4n) is 3.20. The van der Waals surface area contributed by atoms with Crippen LogP contribution in [-0.4, -0.2) is 52.6 Å². The lowest BCUT2D eigenvalue weighted by Gasteiger charge is -2.30. The first-order chi connectivity index (χ1) is 12.0. The summed E-state index contributed by atoms with van der Waals surface area (Å²) < 4.78 is 0. The second kappa shape index (κ2) is 6.92. The number of anilines is 1. The summed E-state index contributed by atoms with van der Waals surface area (Å²) >= 11 is 0. The largest absolute Gasteiger partial charge is 0.480 e. The molecule has 2 aliphatic rings. The highest BCUT2D eigenvalue weighted by molar-refractivity contribution is 6.40. The first kappa shape index (κ1) is 16.9. The molecule has 25 heavy (non-hydrogen) atoms. The molecule has 1 saturated heterocycles. The lowest BCUT2D eigenvalue weighted by Crippen LogP contribution is -2.44. The van der Waals surface area contributed by atoms with Crippen molar-refractivity contribution in [2.45, 2.75) is 25.3 Å². The topological polar surface area (TPSA) is 116 Å². The molecule has 1 aromatic rings. The molecule has 8 heteroatoms. The molecule has 3 rings (SSSR count). The zero-order valence-corrected chi connectivity index (χ0v) is 13.7. The van der Waals surface area contributed by atoms with Crippen LogP contribution in [0.4, 0.5) is 5.69 Å². The van der Waals surface area contributed by atoms with Gasteiger partial charge in [-0.05, 0) is 25.0 Å². The van der Waals surface area contributed by atoms with E-state index in [1.54, 1.807) is 29.2 Å². The van der Waals surface area contributed by atoms with Crippen LogP contribution in [0, 0.1) is 5.92 Å². The van der Waals surface area contributed by atoms with E-state index in [0.29, 0.717) is 31.6 Å². The minimum atomic E-state index is -1.03. The number of hydrogen-bond acceptors (Lipinski definition) is 5. The molecule has 2 amide bonds. The highest BCUT2D eigenvalue weighted by Gasteiger charge is 2.38. The summed E-state index contributed by atoms with van der Waals surface area (Å²) in [4.78, 5) is 37.1. The summed E-state index contributed by atoms with van der Waals surface area (Å²) in [6, 6.07) is 8.02. The average Bonchev–Trinajstić information content (AvgIpc) is 3.07. The summed E-state index contributed by atoms with van der Waals surface area (Å²) in [7, 11) is 0. The predicted molar refractivity (Wildman–Crippen MR) is 90.9 cm³/mol. The summed E-state index contributed by atoms with van der Waals surface area (Å²) in [5.41, 5.74) is 6.17. The van der Waals surface area contributed by atoms with Crippen LogP contribution in [-0.2, 0) is 14.4 Å². The van der Waals surface area contributed by atoms with Gasteiger partial charge >= 0.3 is 5.97 Å². The van der Waals surface area contributed by atoms with Gasteiger partial charge in [0.15, 0.2) is 6.04 Å². The van der Waals surface area contributed by atoms with E-state index in [9.17, 15) is 19.5 Å². The Hall–Kier alpha value is -2.90. The van der Waals surface area contributed by atoms with Crippen molar-refractivity contribution in [3.05, 3.63) is 30.3 Å². The molecule has 0 aromatic heterocycles. The molecule has 1 atom stereocenters. The van der Waals surface area contributed by atoms with Gasteiger partial charge in [0.1, 0.15) is 5.71 Å². The number of carbonyl (C=O) groups excluding carboxylic acids is 2. The first-order valence-corrected chi connectivity index (χ1v) is 8.20. The van der Waals surface area contributed by atoms with Crippen LogP contribution in [0.2, 0.25) is 0 Å². The number of carboxylic acid groups (broad SMARTS) is 1. The fraction of sp³-hybridized carbons (Fsp3) is 0.412. The smallest absolute Gasteiger partial charge is 0.328 e. The maximum atomic E-state index is 12.7. The first-order valence-electron chi connectivity index (χ1n) is 8.20. The van der Waals surface area contributed by atoms with Gasteiger partial charge in [0.25, 0.3) is 5.91 Å². The third kappa shape index (κ3) is 3.47. The number of likely N-dealkylation sites (tertiary alicyclic amines) is 1. The third-order valence-electron chi connectivity index (χ3n) is 4.65. The van der Waals surface area contributed by atoms with Crippen molar-refractivity contribution in [3.63, 3.8) is 0 Å². The number of carbonyl (C=O) groups is 3. The number of hydrazone groups is 1. The summed E-state index contributed by atoms with van der Waals surface area (Å²) in [5, 5.41) is 15.1. The maximum absolute atomic E-state index is 12.7. The Labute approximate surface area is 144 Å². The Morgan fingerprint density at radius 2 is 1.76 bits per heavy atom. The van der Waals surface area contributed by atoms with Gasteiger partial charge in [-0.1, -0.05) is 18.2 Å². The lowest BCUT2D eigenvalue weighted by molar-refractivity contribution is -0.138. The summed E-state index contributed by atoms with van der Waals surface area (Å²) in [6.45, 7) is 0.850. The SMILES string of the molecule is NC(=O)C1CCN(C(=O)C2=NN(c3ccccc3)C(C(=O)O)C2)CC1. The van der Waals surface area contributed by atoms with Crippen molar-refractivity contribution in [1.29, 1.82) is 0 Å². The molecule has 1 aromatic carbocycles. The highest BCUT2D eigenvalue weighted by atomic mass is 16.4. The minimum absolute atomic E-state index is 0.0544. The van der Waals surface area contributed by atoms with E-state index in [1.165, 1.54) is 5.01 Å². The van der Waals surface area contributed by atoms with Crippen molar-refractivity contribution in [2.24, 2.45) is 16.8 Å². The van der Waals surface area contributed by atoms with E-state index in [4.69, 9.17) is 5.73 Å². The van der Waals surface area contributed by atoms with Crippen molar-refractivity contribution in [2.75, 3.05) is 18.1 Å². The molecule has 0 bridgehead atoms. The van der Waals surface area contributed by atoms with E-state index in [0.717, 1.165) is 0 Å². The van der Waals surface area contributed by atoms with Gasteiger partial charge in [0, 0.05) is 25.4 Å². The van der Waals surface area contributed by atoms with Crippen molar-refractivity contribution >= 4 is 29.2 Å². The third-order valence-corrected chi connectivity index (χ3v) is 4.65. The van der Waals surface area contributed by atoms with Crippen LogP contribution in [0.3, 0.4) is 0 Å². The van der Waals surface area contributed by atoms with E-state index in [1.807, 2.05) is 6.07 Å². The van der Waals surface area contributed by atoms with Crippen molar-refractivity contribution in [1.82, 2.24) is 4.90 Å².